The van der Waals surface area contributed by atoms with Crippen LogP contribution >= 0.6 is 15.9 Å². The smallest absolute Gasteiger partial charge is 0.0816 e. The third-order valence-corrected chi connectivity index (χ3v) is 3.02. The molecule has 0 amide bonds. The van der Waals surface area contributed by atoms with Gasteiger partial charge >= 0.3 is 0 Å². The summed E-state index contributed by atoms with van der Waals surface area (Å²) >= 11 is 3.36. The van der Waals surface area contributed by atoms with E-state index in [0.717, 1.165) is 16.5 Å². The van der Waals surface area contributed by atoms with Crippen molar-refractivity contribution in [3.63, 3.8) is 0 Å². The maximum absolute atomic E-state index is 9.04. The van der Waals surface area contributed by atoms with Crippen LogP contribution in [0.3, 0.4) is 0 Å². The molecule has 0 N–H and O–H groups in total. The predicted molar refractivity (Wildman–Crippen MR) is 63.9 cm³/mol. The van der Waals surface area contributed by atoms with Crippen molar-refractivity contribution in [2.45, 2.75) is 5.92 Å². The fraction of sp³-hybridized carbons (Fsp3) is 0.167. The Kier molecular flexibility index (Phi) is 2.98. The molecule has 1 heterocycles. The minimum atomic E-state index is -0.113. The first-order chi connectivity index (χ1) is 7.36. The number of halogens is 1. The molecule has 0 radical (unpaired) electrons. The van der Waals surface area contributed by atoms with Crippen molar-refractivity contribution in [3.8, 4) is 6.07 Å². The molecule has 0 aliphatic heterocycles. The zero-order valence-corrected chi connectivity index (χ0v) is 9.61. The monoisotopic (exact) mass is 260 g/mol. The van der Waals surface area contributed by atoms with E-state index in [0.29, 0.717) is 5.33 Å². The summed E-state index contributed by atoms with van der Waals surface area (Å²) in [6.07, 6.45) is 1.75. The third-order valence-electron chi connectivity index (χ3n) is 2.37. The number of rotatable bonds is 2. The lowest BCUT2D eigenvalue weighted by Crippen LogP contribution is -1.98. The average molecular weight is 261 g/mol. The molecule has 2 nitrogen and oxygen atoms in total. The van der Waals surface area contributed by atoms with Gasteiger partial charge in [-0.05, 0) is 17.7 Å². The molecule has 2 rings (SSSR count). The summed E-state index contributed by atoms with van der Waals surface area (Å²) in [6, 6.07) is 12.1. The highest BCUT2D eigenvalue weighted by Gasteiger charge is 2.11. The number of para-hydroxylation sites is 1. The van der Waals surface area contributed by atoms with Crippen LogP contribution < -0.4 is 0 Å². The summed E-state index contributed by atoms with van der Waals surface area (Å²) in [5.74, 6) is -0.113. The molecule has 0 saturated carbocycles. The second kappa shape index (κ2) is 4.41. The van der Waals surface area contributed by atoms with Crippen LogP contribution in [-0.4, -0.2) is 10.3 Å². The van der Waals surface area contributed by atoms with Gasteiger partial charge in [-0.25, -0.2) is 0 Å². The molecule has 1 atom stereocenters. The molecule has 2 aromatic rings. The van der Waals surface area contributed by atoms with Crippen molar-refractivity contribution in [3.05, 3.63) is 42.1 Å². The van der Waals surface area contributed by atoms with E-state index in [2.05, 4.69) is 27.0 Å². The maximum Gasteiger partial charge on any atom is 0.0816 e. The number of benzene rings is 1. The number of hydrogen-bond donors (Lipinski definition) is 0. The Morgan fingerprint density at radius 3 is 2.87 bits per heavy atom. The summed E-state index contributed by atoms with van der Waals surface area (Å²) in [6.45, 7) is 0. The summed E-state index contributed by atoms with van der Waals surface area (Å²) in [5, 5.41) is 10.7. The van der Waals surface area contributed by atoms with Gasteiger partial charge in [0.1, 0.15) is 0 Å². The lowest BCUT2D eigenvalue weighted by Gasteiger charge is -2.08. The van der Waals surface area contributed by atoms with E-state index in [9.17, 15) is 0 Å². The summed E-state index contributed by atoms with van der Waals surface area (Å²) < 4.78 is 0. The van der Waals surface area contributed by atoms with Gasteiger partial charge in [-0.1, -0.05) is 34.1 Å². The minimum absolute atomic E-state index is 0.113. The first-order valence-electron chi connectivity index (χ1n) is 4.66. The highest BCUT2D eigenvalue weighted by Crippen LogP contribution is 2.24. The van der Waals surface area contributed by atoms with Crippen LogP contribution in [-0.2, 0) is 0 Å². The minimum Gasteiger partial charge on any atom is -0.256 e. The number of pyridine rings is 1. The van der Waals surface area contributed by atoms with E-state index >= 15 is 0 Å². The Morgan fingerprint density at radius 1 is 1.33 bits per heavy atom. The molecule has 0 aliphatic carbocycles. The molecule has 15 heavy (non-hydrogen) atoms. The summed E-state index contributed by atoms with van der Waals surface area (Å²) in [4.78, 5) is 4.27. The first-order valence-corrected chi connectivity index (χ1v) is 5.78. The largest absolute Gasteiger partial charge is 0.256 e. The zero-order chi connectivity index (χ0) is 10.7. The van der Waals surface area contributed by atoms with Crippen molar-refractivity contribution in [2.24, 2.45) is 0 Å². The topological polar surface area (TPSA) is 36.7 Å². The Hall–Kier alpha value is -1.40. The van der Waals surface area contributed by atoms with Crippen LogP contribution in [0, 0.1) is 11.3 Å². The van der Waals surface area contributed by atoms with Crippen molar-refractivity contribution in [1.82, 2.24) is 4.98 Å². The number of fused-ring (bicyclic) bond motifs is 1. The molecular weight excluding hydrogens is 252 g/mol. The Labute approximate surface area is 96.7 Å². The molecule has 1 aromatic heterocycles. The molecule has 0 fully saturated rings. The standard InChI is InChI=1S/C12H9BrN2/c13-7-9(8-14)10-5-6-15-12-4-2-1-3-11(10)12/h1-6,9H,7H2. The Bertz CT molecular complexity index is 511. The van der Waals surface area contributed by atoms with Crippen molar-refractivity contribution in [1.29, 1.82) is 5.26 Å². The number of nitrogens with zero attached hydrogens (tertiary/aromatic N) is 2. The third kappa shape index (κ3) is 1.86. The van der Waals surface area contributed by atoms with Gasteiger partial charge in [-0.2, -0.15) is 5.26 Å². The van der Waals surface area contributed by atoms with E-state index < -0.39 is 0 Å². The van der Waals surface area contributed by atoms with E-state index in [1.807, 2.05) is 30.3 Å². The van der Waals surface area contributed by atoms with Gasteiger partial charge in [0.2, 0.25) is 0 Å². The number of nitriles is 1. The van der Waals surface area contributed by atoms with Gasteiger partial charge in [0, 0.05) is 16.9 Å². The Morgan fingerprint density at radius 2 is 2.13 bits per heavy atom. The van der Waals surface area contributed by atoms with Crippen LogP contribution in [0.1, 0.15) is 11.5 Å². The number of aromatic nitrogens is 1. The predicted octanol–water partition coefficient (Wildman–Crippen LogP) is 3.24. The summed E-state index contributed by atoms with van der Waals surface area (Å²) in [5.41, 5.74) is 1.98. The molecule has 1 aromatic carbocycles. The normalized spacial score (nSPS) is 12.3. The van der Waals surface area contributed by atoms with Gasteiger partial charge in [0.15, 0.2) is 0 Å². The van der Waals surface area contributed by atoms with Crippen LogP contribution in [0.4, 0.5) is 0 Å². The lowest BCUT2D eigenvalue weighted by atomic mass is 9.99. The fourth-order valence-electron chi connectivity index (χ4n) is 1.61. The Balaban J connectivity index is 2.66. The van der Waals surface area contributed by atoms with E-state index in [-0.39, 0.29) is 5.92 Å². The SMILES string of the molecule is N#CC(CBr)c1ccnc2ccccc12. The number of alkyl halides is 1. The lowest BCUT2D eigenvalue weighted by molar-refractivity contribution is 1.01. The van der Waals surface area contributed by atoms with Crippen molar-refractivity contribution in [2.75, 3.05) is 5.33 Å². The molecule has 3 heteroatoms. The molecule has 0 bridgehead atoms. The van der Waals surface area contributed by atoms with Gasteiger partial charge in [0.05, 0.1) is 17.5 Å². The van der Waals surface area contributed by atoms with E-state index in [4.69, 9.17) is 5.26 Å². The summed E-state index contributed by atoms with van der Waals surface area (Å²) in [7, 11) is 0. The molecule has 1 unspecified atom stereocenters. The van der Waals surface area contributed by atoms with Crippen molar-refractivity contribution < 1.29 is 0 Å². The van der Waals surface area contributed by atoms with Crippen molar-refractivity contribution >= 4 is 26.8 Å². The second-order valence-corrected chi connectivity index (χ2v) is 3.90. The average Bonchev–Trinajstić information content (AvgIpc) is 2.31. The molecule has 74 valence electrons. The quantitative estimate of drug-likeness (QED) is 0.778. The zero-order valence-electron chi connectivity index (χ0n) is 8.02. The fourth-order valence-corrected chi connectivity index (χ4v) is 2.10. The van der Waals surface area contributed by atoms with E-state index in [1.54, 1.807) is 6.20 Å². The second-order valence-electron chi connectivity index (χ2n) is 3.25. The van der Waals surface area contributed by atoms with Crippen LogP contribution in [0.25, 0.3) is 10.9 Å². The number of hydrogen-bond acceptors (Lipinski definition) is 2. The maximum atomic E-state index is 9.04. The van der Waals surface area contributed by atoms with Gasteiger partial charge in [0.25, 0.3) is 0 Å². The molecule has 0 aliphatic rings. The molecule has 0 spiro atoms. The van der Waals surface area contributed by atoms with Gasteiger partial charge in [-0.3, -0.25) is 4.98 Å². The van der Waals surface area contributed by atoms with Crippen LogP contribution in [0.2, 0.25) is 0 Å². The highest BCUT2D eigenvalue weighted by atomic mass is 79.9. The highest BCUT2D eigenvalue weighted by molar-refractivity contribution is 9.09. The van der Waals surface area contributed by atoms with Crippen LogP contribution in [0.5, 0.6) is 0 Å². The van der Waals surface area contributed by atoms with E-state index in [1.165, 1.54) is 0 Å². The van der Waals surface area contributed by atoms with Gasteiger partial charge < -0.3 is 0 Å². The van der Waals surface area contributed by atoms with Gasteiger partial charge in [-0.15, -0.1) is 0 Å². The first kappa shape index (κ1) is 10.1. The van der Waals surface area contributed by atoms with Crippen LogP contribution in [0.15, 0.2) is 36.5 Å². The molecule has 0 saturated heterocycles. The molecular formula is C12H9BrN2.